The minimum absolute atomic E-state index is 0.227. The molecule has 0 spiro atoms. The molecule has 6 nitrogen and oxygen atoms in total. The highest BCUT2D eigenvalue weighted by atomic mass is 127. The SMILES string of the molecule is Nc1c(I)cc(Br)c2c1CN(C1CCC(=O)NC1=O)C2=O. The van der Waals surface area contributed by atoms with Crippen molar-refractivity contribution in [3.05, 3.63) is 25.2 Å². The van der Waals surface area contributed by atoms with Gasteiger partial charge in [0.2, 0.25) is 11.8 Å². The lowest BCUT2D eigenvalue weighted by Gasteiger charge is -2.29. The molecule has 2 aliphatic heterocycles. The Balaban J connectivity index is 1.97. The average Bonchev–Trinajstić information content (AvgIpc) is 2.75. The predicted octanol–water partition coefficient (Wildman–Crippen LogP) is 1.40. The van der Waals surface area contributed by atoms with Gasteiger partial charge in [-0.1, -0.05) is 0 Å². The van der Waals surface area contributed by atoms with Crippen LogP contribution < -0.4 is 11.1 Å². The lowest BCUT2D eigenvalue weighted by Crippen LogP contribution is -2.52. The van der Waals surface area contributed by atoms with Crippen LogP contribution in [-0.4, -0.2) is 28.7 Å². The first-order valence-corrected chi connectivity index (χ1v) is 8.18. The summed E-state index contributed by atoms with van der Waals surface area (Å²) in [6.45, 7) is 0.293. The number of imide groups is 1. The molecule has 0 saturated carbocycles. The highest BCUT2D eigenvalue weighted by Gasteiger charge is 2.41. The van der Waals surface area contributed by atoms with Crippen molar-refractivity contribution in [3.8, 4) is 0 Å². The molecule has 0 aliphatic carbocycles. The minimum Gasteiger partial charge on any atom is -0.398 e. The number of amides is 3. The monoisotopic (exact) mass is 463 g/mol. The van der Waals surface area contributed by atoms with E-state index in [4.69, 9.17) is 5.73 Å². The average molecular weight is 464 g/mol. The van der Waals surface area contributed by atoms with Crippen LogP contribution in [0.4, 0.5) is 5.69 Å². The fraction of sp³-hybridized carbons (Fsp3) is 0.308. The van der Waals surface area contributed by atoms with E-state index in [0.717, 1.165) is 9.13 Å². The van der Waals surface area contributed by atoms with Gasteiger partial charge < -0.3 is 10.6 Å². The number of anilines is 1. The molecule has 2 aliphatic rings. The molecule has 1 saturated heterocycles. The Kier molecular flexibility index (Phi) is 3.68. The fourth-order valence-electron chi connectivity index (χ4n) is 2.70. The molecule has 0 bridgehead atoms. The number of benzene rings is 1. The zero-order valence-electron chi connectivity index (χ0n) is 10.8. The second-order valence-corrected chi connectivity index (χ2v) is 7.02. The van der Waals surface area contributed by atoms with Gasteiger partial charge in [0.1, 0.15) is 6.04 Å². The number of hydrogen-bond donors (Lipinski definition) is 2. The first-order valence-electron chi connectivity index (χ1n) is 6.31. The Morgan fingerprint density at radius 1 is 1.38 bits per heavy atom. The zero-order chi connectivity index (χ0) is 15.3. The van der Waals surface area contributed by atoms with Crippen molar-refractivity contribution in [3.63, 3.8) is 0 Å². The summed E-state index contributed by atoms with van der Waals surface area (Å²) < 4.78 is 1.53. The Hall–Kier alpha value is -1.16. The van der Waals surface area contributed by atoms with Crippen molar-refractivity contribution in [2.24, 2.45) is 0 Å². The van der Waals surface area contributed by atoms with E-state index in [9.17, 15) is 14.4 Å². The molecule has 3 N–H and O–H groups in total. The Bertz CT molecular complexity index is 692. The van der Waals surface area contributed by atoms with Crippen LogP contribution in [-0.2, 0) is 16.1 Å². The number of nitrogens with two attached hydrogens (primary N) is 1. The highest BCUT2D eigenvalue weighted by Crippen LogP contribution is 2.38. The van der Waals surface area contributed by atoms with E-state index in [-0.39, 0.29) is 18.2 Å². The standard InChI is InChI=1S/C13H11BrIN3O3/c14-6-3-7(15)11(16)5-4-18(13(21)10(5)6)8-1-2-9(19)17-12(8)20/h3,8H,1-2,4,16H2,(H,17,19,20). The number of rotatable bonds is 1. The number of carbonyl (C=O) groups excluding carboxylic acids is 3. The van der Waals surface area contributed by atoms with Gasteiger partial charge in [0.25, 0.3) is 5.91 Å². The van der Waals surface area contributed by atoms with E-state index >= 15 is 0 Å². The summed E-state index contributed by atoms with van der Waals surface area (Å²) in [6.07, 6.45) is 0.587. The molecule has 3 rings (SSSR count). The van der Waals surface area contributed by atoms with E-state index in [0.29, 0.717) is 28.7 Å². The number of carbonyl (C=O) groups is 3. The van der Waals surface area contributed by atoms with Crippen LogP contribution in [0.1, 0.15) is 28.8 Å². The number of hydrogen-bond acceptors (Lipinski definition) is 4. The van der Waals surface area contributed by atoms with E-state index < -0.39 is 11.9 Å². The quantitative estimate of drug-likeness (QED) is 0.374. The molecular weight excluding hydrogens is 453 g/mol. The van der Waals surface area contributed by atoms with Crippen LogP contribution in [0.5, 0.6) is 0 Å². The van der Waals surface area contributed by atoms with E-state index in [2.05, 4.69) is 43.8 Å². The predicted molar refractivity (Wildman–Crippen MR) is 87.3 cm³/mol. The summed E-state index contributed by atoms with van der Waals surface area (Å²) in [7, 11) is 0. The fourth-order valence-corrected chi connectivity index (χ4v) is 4.40. The minimum atomic E-state index is -0.619. The van der Waals surface area contributed by atoms with Gasteiger partial charge >= 0.3 is 0 Å². The molecule has 1 aromatic carbocycles. The molecule has 21 heavy (non-hydrogen) atoms. The third-order valence-electron chi connectivity index (χ3n) is 3.77. The van der Waals surface area contributed by atoms with Gasteiger partial charge in [-0.2, -0.15) is 0 Å². The number of nitrogens with zero attached hydrogens (tertiary/aromatic N) is 1. The molecule has 2 heterocycles. The van der Waals surface area contributed by atoms with Gasteiger partial charge in [-0.15, -0.1) is 0 Å². The van der Waals surface area contributed by atoms with Gasteiger partial charge in [-0.25, -0.2) is 0 Å². The number of nitrogens with one attached hydrogen (secondary N) is 1. The molecule has 3 amide bonds. The molecule has 0 radical (unpaired) electrons. The van der Waals surface area contributed by atoms with Crippen molar-refractivity contribution in [2.75, 3.05) is 5.73 Å². The second-order valence-electron chi connectivity index (χ2n) is 5.01. The normalized spacial score (nSPS) is 21.5. The maximum absolute atomic E-state index is 12.6. The lowest BCUT2D eigenvalue weighted by atomic mass is 10.0. The van der Waals surface area contributed by atoms with Gasteiger partial charge in [0.05, 0.1) is 11.3 Å². The van der Waals surface area contributed by atoms with Crippen LogP contribution in [0, 0.1) is 3.57 Å². The van der Waals surface area contributed by atoms with Crippen molar-refractivity contribution in [1.82, 2.24) is 10.2 Å². The Labute approximate surface area is 142 Å². The molecule has 1 fully saturated rings. The zero-order valence-corrected chi connectivity index (χ0v) is 14.5. The lowest BCUT2D eigenvalue weighted by molar-refractivity contribution is -0.136. The topological polar surface area (TPSA) is 92.5 Å². The van der Waals surface area contributed by atoms with Gasteiger partial charge in [-0.05, 0) is 51.0 Å². The second kappa shape index (κ2) is 5.24. The largest absolute Gasteiger partial charge is 0.398 e. The van der Waals surface area contributed by atoms with E-state index in [1.807, 2.05) is 0 Å². The van der Waals surface area contributed by atoms with Crippen molar-refractivity contribution < 1.29 is 14.4 Å². The number of nitrogen functional groups attached to an aromatic ring is 1. The first-order chi connectivity index (χ1) is 9.90. The number of fused-ring (bicyclic) bond motifs is 1. The molecule has 1 atom stereocenters. The van der Waals surface area contributed by atoms with Crippen molar-refractivity contribution in [1.29, 1.82) is 0 Å². The third-order valence-corrected chi connectivity index (χ3v) is 5.28. The molecule has 8 heteroatoms. The van der Waals surface area contributed by atoms with Gasteiger partial charge in [0.15, 0.2) is 0 Å². The van der Waals surface area contributed by atoms with Crippen molar-refractivity contribution >= 4 is 61.9 Å². The summed E-state index contributed by atoms with van der Waals surface area (Å²) in [4.78, 5) is 37.2. The van der Waals surface area contributed by atoms with Crippen LogP contribution in [0.3, 0.4) is 0 Å². The Morgan fingerprint density at radius 2 is 2.10 bits per heavy atom. The maximum Gasteiger partial charge on any atom is 0.256 e. The van der Waals surface area contributed by atoms with Gasteiger partial charge in [0, 0.05) is 26.6 Å². The van der Waals surface area contributed by atoms with Crippen molar-refractivity contribution in [2.45, 2.75) is 25.4 Å². The first kappa shape index (κ1) is 14.8. The summed E-state index contributed by atoms with van der Waals surface area (Å²) in [6, 6.07) is 1.17. The highest BCUT2D eigenvalue weighted by molar-refractivity contribution is 14.1. The summed E-state index contributed by atoms with van der Waals surface area (Å²) in [5, 5.41) is 2.28. The van der Waals surface area contributed by atoms with Crippen LogP contribution in [0.2, 0.25) is 0 Å². The van der Waals surface area contributed by atoms with Gasteiger partial charge in [-0.3, -0.25) is 19.7 Å². The Morgan fingerprint density at radius 3 is 2.76 bits per heavy atom. The maximum atomic E-state index is 12.6. The molecule has 1 aromatic rings. The smallest absolute Gasteiger partial charge is 0.256 e. The number of piperidine rings is 1. The number of halogens is 2. The van der Waals surface area contributed by atoms with E-state index in [1.54, 1.807) is 6.07 Å². The van der Waals surface area contributed by atoms with Crippen LogP contribution in [0.15, 0.2) is 10.5 Å². The molecular formula is C13H11BrIN3O3. The summed E-state index contributed by atoms with van der Waals surface area (Å²) in [5.41, 5.74) is 7.87. The van der Waals surface area contributed by atoms with Crippen LogP contribution in [0.25, 0.3) is 0 Å². The van der Waals surface area contributed by atoms with E-state index in [1.165, 1.54) is 4.90 Å². The molecule has 1 unspecified atom stereocenters. The summed E-state index contributed by atoms with van der Waals surface area (Å²) >= 11 is 5.50. The molecule has 110 valence electrons. The molecule has 0 aromatic heterocycles. The summed E-state index contributed by atoms with van der Waals surface area (Å²) in [5.74, 6) is -0.943. The van der Waals surface area contributed by atoms with Crippen LogP contribution >= 0.6 is 38.5 Å². The third kappa shape index (κ3) is 2.33.